The third-order valence-electron chi connectivity index (χ3n) is 3.99. The standard InChI is InChI=1S/C15H19ClN2O2/c16-12-5-2-1-4-11(12)14-10-18(8-9-20-14)15(19)13-6-3-7-17-13/h1-2,4-5,13-14,17H,3,6-10H2/t13-,14?/m0/s1. The summed E-state index contributed by atoms with van der Waals surface area (Å²) in [5.41, 5.74) is 0.964. The molecule has 20 heavy (non-hydrogen) atoms. The minimum Gasteiger partial charge on any atom is -0.370 e. The van der Waals surface area contributed by atoms with Gasteiger partial charge in [0.15, 0.2) is 0 Å². The first-order valence-electron chi connectivity index (χ1n) is 7.14. The molecule has 0 bridgehead atoms. The van der Waals surface area contributed by atoms with E-state index in [9.17, 15) is 4.79 Å². The number of ether oxygens (including phenoxy) is 1. The Hall–Kier alpha value is -1.10. The van der Waals surface area contributed by atoms with Crippen LogP contribution in [0.3, 0.4) is 0 Å². The molecule has 0 saturated carbocycles. The van der Waals surface area contributed by atoms with E-state index in [0.29, 0.717) is 24.7 Å². The topological polar surface area (TPSA) is 41.6 Å². The Morgan fingerprint density at radius 3 is 3.00 bits per heavy atom. The molecule has 2 saturated heterocycles. The van der Waals surface area contributed by atoms with Crippen LogP contribution in [0.5, 0.6) is 0 Å². The minimum atomic E-state index is -0.122. The smallest absolute Gasteiger partial charge is 0.239 e. The van der Waals surface area contributed by atoms with Gasteiger partial charge in [-0.3, -0.25) is 4.79 Å². The van der Waals surface area contributed by atoms with Crippen molar-refractivity contribution in [2.45, 2.75) is 25.0 Å². The van der Waals surface area contributed by atoms with Crippen LogP contribution in [0, 0.1) is 0 Å². The number of nitrogens with one attached hydrogen (secondary N) is 1. The molecule has 0 spiro atoms. The van der Waals surface area contributed by atoms with Crippen LogP contribution in [-0.4, -0.2) is 43.1 Å². The lowest BCUT2D eigenvalue weighted by atomic mass is 10.1. The maximum absolute atomic E-state index is 12.4. The molecule has 1 aromatic rings. The number of hydrogen-bond donors (Lipinski definition) is 1. The zero-order valence-corrected chi connectivity index (χ0v) is 12.1. The molecule has 4 nitrogen and oxygen atoms in total. The van der Waals surface area contributed by atoms with Gasteiger partial charge in [-0.1, -0.05) is 29.8 Å². The second-order valence-electron chi connectivity index (χ2n) is 5.31. The summed E-state index contributed by atoms with van der Waals surface area (Å²) in [5.74, 6) is 0.197. The second kappa shape index (κ2) is 6.12. The summed E-state index contributed by atoms with van der Waals surface area (Å²) in [6.45, 7) is 2.75. The predicted molar refractivity (Wildman–Crippen MR) is 77.7 cm³/mol. The quantitative estimate of drug-likeness (QED) is 0.907. The number of rotatable bonds is 2. The van der Waals surface area contributed by atoms with Crippen molar-refractivity contribution in [2.24, 2.45) is 0 Å². The fourth-order valence-electron chi connectivity index (χ4n) is 2.89. The van der Waals surface area contributed by atoms with E-state index in [4.69, 9.17) is 16.3 Å². The fraction of sp³-hybridized carbons (Fsp3) is 0.533. The van der Waals surface area contributed by atoms with Crippen LogP contribution in [0.25, 0.3) is 0 Å². The average molecular weight is 295 g/mol. The van der Waals surface area contributed by atoms with E-state index in [2.05, 4.69) is 5.32 Å². The largest absolute Gasteiger partial charge is 0.370 e. The average Bonchev–Trinajstić information content (AvgIpc) is 3.01. The van der Waals surface area contributed by atoms with Crippen LogP contribution >= 0.6 is 11.6 Å². The lowest BCUT2D eigenvalue weighted by molar-refractivity contribution is -0.140. The first kappa shape index (κ1) is 13.9. The van der Waals surface area contributed by atoms with Gasteiger partial charge in [0.05, 0.1) is 19.2 Å². The Labute approximate surface area is 124 Å². The maximum atomic E-state index is 12.4. The molecule has 2 aliphatic rings. The van der Waals surface area contributed by atoms with Crippen molar-refractivity contribution in [3.8, 4) is 0 Å². The molecule has 2 aliphatic heterocycles. The molecule has 0 aromatic heterocycles. The molecule has 5 heteroatoms. The van der Waals surface area contributed by atoms with Gasteiger partial charge in [-0.05, 0) is 25.5 Å². The number of carbonyl (C=O) groups excluding carboxylic acids is 1. The minimum absolute atomic E-state index is 0.0139. The van der Waals surface area contributed by atoms with Gasteiger partial charge in [0.25, 0.3) is 0 Å². The van der Waals surface area contributed by atoms with Crippen LogP contribution in [-0.2, 0) is 9.53 Å². The van der Waals surface area contributed by atoms with Gasteiger partial charge in [-0.2, -0.15) is 0 Å². The van der Waals surface area contributed by atoms with Crippen molar-refractivity contribution in [1.82, 2.24) is 10.2 Å². The molecule has 3 rings (SSSR count). The fourth-order valence-corrected chi connectivity index (χ4v) is 3.15. The first-order chi connectivity index (χ1) is 9.75. The third kappa shape index (κ3) is 2.82. The number of hydrogen-bond acceptors (Lipinski definition) is 3. The molecule has 1 amide bonds. The highest BCUT2D eigenvalue weighted by Gasteiger charge is 2.31. The molecule has 0 aliphatic carbocycles. The molecule has 108 valence electrons. The van der Waals surface area contributed by atoms with Crippen molar-refractivity contribution >= 4 is 17.5 Å². The first-order valence-corrected chi connectivity index (χ1v) is 7.51. The lowest BCUT2D eigenvalue weighted by Crippen LogP contribution is -2.49. The van der Waals surface area contributed by atoms with Crippen molar-refractivity contribution in [3.63, 3.8) is 0 Å². The van der Waals surface area contributed by atoms with Gasteiger partial charge in [-0.15, -0.1) is 0 Å². The summed E-state index contributed by atoms with van der Waals surface area (Å²) < 4.78 is 5.79. The Morgan fingerprint density at radius 1 is 1.40 bits per heavy atom. The van der Waals surface area contributed by atoms with E-state index >= 15 is 0 Å². The van der Waals surface area contributed by atoms with Gasteiger partial charge in [0, 0.05) is 17.1 Å². The van der Waals surface area contributed by atoms with E-state index < -0.39 is 0 Å². The molecule has 2 atom stereocenters. The number of amides is 1. The number of nitrogens with zero attached hydrogens (tertiary/aromatic N) is 1. The normalized spacial score (nSPS) is 26.8. The number of morpholine rings is 1. The van der Waals surface area contributed by atoms with Crippen LogP contribution in [0.1, 0.15) is 24.5 Å². The van der Waals surface area contributed by atoms with Gasteiger partial charge in [0.2, 0.25) is 5.91 Å². The lowest BCUT2D eigenvalue weighted by Gasteiger charge is -2.35. The van der Waals surface area contributed by atoms with Crippen molar-refractivity contribution in [3.05, 3.63) is 34.9 Å². The number of carbonyl (C=O) groups is 1. The van der Waals surface area contributed by atoms with Crippen LogP contribution < -0.4 is 5.32 Å². The van der Waals surface area contributed by atoms with Gasteiger partial charge in [0.1, 0.15) is 6.10 Å². The van der Waals surface area contributed by atoms with E-state index in [1.54, 1.807) is 0 Å². The van der Waals surface area contributed by atoms with Gasteiger partial charge >= 0.3 is 0 Å². The second-order valence-corrected chi connectivity index (χ2v) is 5.72. The summed E-state index contributed by atoms with van der Waals surface area (Å²) >= 11 is 6.22. The van der Waals surface area contributed by atoms with Crippen molar-refractivity contribution in [2.75, 3.05) is 26.2 Å². The maximum Gasteiger partial charge on any atom is 0.239 e. The summed E-state index contributed by atoms with van der Waals surface area (Å²) in [6.07, 6.45) is 1.89. The summed E-state index contributed by atoms with van der Waals surface area (Å²) in [4.78, 5) is 14.3. The van der Waals surface area contributed by atoms with Crippen LogP contribution in [0.15, 0.2) is 24.3 Å². The summed E-state index contributed by atoms with van der Waals surface area (Å²) in [6, 6.07) is 7.66. The SMILES string of the molecule is O=C([C@@H]1CCCN1)N1CCOC(c2ccccc2Cl)C1. The number of halogens is 1. The van der Waals surface area contributed by atoms with E-state index in [-0.39, 0.29) is 18.1 Å². The van der Waals surface area contributed by atoms with Gasteiger partial charge in [-0.25, -0.2) is 0 Å². The highest BCUT2D eigenvalue weighted by Crippen LogP contribution is 2.28. The van der Waals surface area contributed by atoms with E-state index in [0.717, 1.165) is 24.9 Å². The van der Waals surface area contributed by atoms with Crippen molar-refractivity contribution in [1.29, 1.82) is 0 Å². The van der Waals surface area contributed by atoms with Gasteiger partial charge < -0.3 is 15.0 Å². The van der Waals surface area contributed by atoms with Crippen LogP contribution in [0.4, 0.5) is 0 Å². The Morgan fingerprint density at radius 2 is 2.25 bits per heavy atom. The zero-order valence-electron chi connectivity index (χ0n) is 11.3. The molecule has 1 unspecified atom stereocenters. The summed E-state index contributed by atoms with van der Waals surface area (Å²) in [5, 5.41) is 3.96. The Kier molecular flexibility index (Phi) is 4.24. The van der Waals surface area contributed by atoms with E-state index in [1.807, 2.05) is 29.2 Å². The molecule has 2 heterocycles. The molecule has 1 N–H and O–H groups in total. The summed E-state index contributed by atoms with van der Waals surface area (Å²) in [7, 11) is 0. The molecular formula is C15H19ClN2O2. The highest BCUT2D eigenvalue weighted by molar-refractivity contribution is 6.31. The third-order valence-corrected chi connectivity index (χ3v) is 4.33. The Bertz CT molecular complexity index is 489. The van der Waals surface area contributed by atoms with Crippen molar-refractivity contribution < 1.29 is 9.53 Å². The molecule has 0 radical (unpaired) electrons. The number of benzene rings is 1. The Balaban J connectivity index is 1.70. The van der Waals surface area contributed by atoms with E-state index in [1.165, 1.54) is 0 Å². The predicted octanol–water partition coefficient (Wildman–Crippen LogP) is 1.99. The highest BCUT2D eigenvalue weighted by atomic mass is 35.5. The molecule has 1 aromatic carbocycles. The monoisotopic (exact) mass is 294 g/mol. The molecule has 2 fully saturated rings. The van der Waals surface area contributed by atoms with Crippen LogP contribution in [0.2, 0.25) is 5.02 Å². The zero-order chi connectivity index (χ0) is 13.9. The molecular weight excluding hydrogens is 276 g/mol.